The van der Waals surface area contributed by atoms with Crippen molar-refractivity contribution in [1.29, 1.82) is 0 Å². The molecule has 20 heavy (non-hydrogen) atoms. The molecule has 0 spiro atoms. The third-order valence-electron chi connectivity index (χ3n) is 2.91. The Balaban J connectivity index is 1.94. The number of aromatic nitrogens is 2. The number of carbonyl (C=O) groups is 1. The van der Waals surface area contributed by atoms with E-state index in [0.29, 0.717) is 5.92 Å². The lowest BCUT2D eigenvalue weighted by Gasteiger charge is -2.08. The van der Waals surface area contributed by atoms with E-state index in [-0.39, 0.29) is 12.4 Å². The van der Waals surface area contributed by atoms with Gasteiger partial charge in [-0.1, -0.05) is 26.0 Å². The number of rotatable bonds is 5. The first-order chi connectivity index (χ1) is 9.60. The predicted octanol–water partition coefficient (Wildman–Crippen LogP) is 1.65. The van der Waals surface area contributed by atoms with Crippen molar-refractivity contribution in [3.8, 4) is 5.75 Å². The lowest BCUT2D eigenvalue weighted by Crippen LogP contribution is -2.30. The Labute approximate surface area is 117 Å². The van der Waals surface area contributed by atoms with Gasteiger partial charge in [-0.05, 0) is 29.7 Å². The molecule has 1 amide bonds. The van der Waals surface area contributed by atoms with Crippen molar-refractivity contribution in [2.24, 2.45) is 5.84 Å². The molecular formula is C14H18N4O2. The molecule has 1 aromatic carbocycles. The van der Waals surface area contributed by atoms with Gasteiger partial charge in [0.25, 0.3) is 5.91 Å². The Morgan fingerprint density at radius 1 is 1.35 bits per heavy atom. The molecule has 1 aromatic heterocycles. The number of nitrogen functional groups attached to an aromatic ring is 1. The molecule has 0 saturated heterocycles. The van der Waals surface area contributed by atoms with Gasteiger partial charge < -0.3 is 4.74 Å². The highest BCUT2D eigenvalue weighted by atomic mass is 16.5. The molecule has 3 N–H and O–H groups in total. The predicted molar refractivity (Wildman–Crippen MR) is 75.0 cm³/mol. The molecule has 0 aliphatic heterocycles. The van der Waals surface area contributed by atoms with Crippen molar-refractivity contribution < 1.29 is 9.53 Å². The Kier molecular flexibility index (Phi) is 4.37. The zero-order chi connectivity index (χ0) is 14.5. The number of nitrogens with two attached hydrogens (primary N) is 1. The monoisotopic (exact) mass is 274 g/mol. The number of benzene rings is 1. The van der Waals surface area contributed by atoms with E-state index >= 15 is 0 Å². The lowest BCUT2D eigenvalue weighted by atomic mass is 10.0. The summed E-state index contributed by atoms with van der Waals surface area (Å²) in [6.45, 7) is 4.52. The molecule has 0 unspecified atom stereocenters. The Hall–Kier alpha value is -2.34. The summed E-state index contributed by atoms with van der Waals surface area (Å²) >= 11 is 0. The van der Waals surface area contributed by atoms with E-state index in [1.807, 2.05) is 29.7 Å². The van der Waals surface area contributed by atoms with Crippen LogP contribution in [0.3, 0.4) is 0 Å². The average molecular weight is 274 g/mol. The number of hydrogen-bond donors (Lipinski definition) is 2. The first-order valence-electron chi connectivity index (χ1n) is 6.37. The van der Waals surface area contributed by atoms with Gasteiger partial charge in [0, 0.05) is 6.20 Å². The van der Waals surface area contributed by atoms with E-state index in [0.717, 1.165) is 5.75 Å². The van der Waals surface area contributed by atoms with Crippen molar-refractivity contribution in [1.82, 2.24) is 15.2 Å². The maximum Gasteiger partial charge on any atom is 0.285 e. The van der Waals surface area contributed by atoms with Gasteiger partial charge in [-0.3, -0.25) is 10.2 Å². The van der Waals surface area contributed by atoms with Crippen LogP contribution in [0.15, 0.2) is 36.5 Å². The molecule has 2 aromatic rings. The Bertz CT molecular complexity index is 575. The fourth-order valence-corrected chi connectivity index (χ4v) is 1.72. The summed E-state index contributed by atoms with van der Waals surface area (Å²) in [4.78, 5) is 11.2. The lowest BCUT2D eigenvalue weighted by molar-refractivity contribution is 0.0946. The number of amides is 1. The quantitative estimate of drug-likeness (QED) is 0.493. The zero-order valence-electron chi connectivity index (χ0n) is 11.5. The first kappa shape index (κ1) is 14.1. The van der Waals surface area contributed by atoms with E-state index in [2.05, 4.69) is 18.9 Å². The highest BCUT2D eigenvalue weighted by Gasteiger charge is 2.07. The Morgan fingerprint density at radius 2 is 2.05 bits per heavy atom. The van der Waals surface area contributed by atoms with E-state index in [4.69, 9.17) is 10.6 Å². The van der Waals surface area contributed by atoms with Crippen molar-refractivity contribution in [2.45, 2.75) is 26.5 Å². The Morgan fingerprint density at radius 3 is 2.65 bits per heavy atom. The zero-order valence-corrected chi connectivity index (χ0v) is 11.5. The molecule has 0 aliphatic rings. The minimum absolute atomic E-state index is 0.235. The molecule has 0 bridgehead atoms. The summed E-state index contributed by atoms with van der Waals surface area (Å²) in [6, 6.07) is 9.50. The van der Waals surface area contributed by atoms with E-state index in [1.54, 1.807) is 12.3 Å². The molecule has 0 aliphatic carbocycles. The number of nitrogens with one attached hydrogen (secondary N) is 1. The summed E-state index contributed by atoms with van der Waals surface area (Å²) in [5, 5.41) is 4.04. The molecule has 0 atom stereocenters. The van der Waals surface area contributed by atoms with Crippen molar-refractivity contribution in [3.05, 3.63) is 47.8 Å². The molecule has 2 rings (SSSR count). The maximum atomic E-state index is 11.2. The van der Waals surface area contributed by atoms with Crippen molar-refractivity contribution >= 4 is 5.91 Å². The fourth-order valence-electron chi connectivity index (χ4n) is 1.72. The summed E-state index contributed by atoms with van der Waals surface area (Å²) in [5.41, 5.74) is 3.55. The van der Waals surface area contributed by atoms with Crippen molar-refractivity contribution in [2.75, 3.05) is 0 Å². The van der Waals surface area contributed by atoms with Crippen LogP contribution in [0, 0.1) is 0 Å². The summed E-state index contributed by atoms with van der Waals surface area (Å²) in [7, 11) is 0. The van der Waals surface area contributed by atoms with Crippen LogP contribution >= 0.6 is 0 Å². The summed E-state index contributed by atoms with van der Waals surface area (Å²) in [5.74, 6) is 5.86. The number of carbonyl (C=O) groups excluding carboxylic acids is 1. The second-order valence-corrected chi connectivity index (χ2v) is 4.71. The highest BCUT2D eigenvalue weighted by Crippen LogP contribution is 2.18. The smallest absolute Gasteiger partial charge is 0.285 e. The SMILES string of the molecule is CC(C)c1ccc(OCn2ccc(C(=O)NN)n2)cc1. The number of ether oxygens (including phenoxy) is 1. The number of nitrogens with zero attached hydrogens (tertiary/aromatic N) is 2. The van der Waals surface area contributed by atoms with E-state index in [9.17, 15) is 4.79 Å². The van der Waals surface area contributed by atoms with Gasteiger partial charge in [-0.25, -0.2) is 10.5 Å². The minimum Gasteiger partial charge on any atom is -0.471 e. The van der Waals surface area contributed by atoms with Crippen LogP contribution in [0.25, 0.3) is 0 Å². The van der Waals surface area contributed by atoms with Gasteiger partial charge in [0.1, 0.15) is 5.75 Å². The maximum absolute atomic E-state index is 11.2. The molecule has 1 heterocycles. The molecule has 0 radical (unpaired) electrons. The van der Waals surface area contributed by atoms with Crippen LogP contribution in [0.4, 0.5) is 0 Å². The molecule has 6 heteroatoms. The molecule has 0 fully saturated rings. The molecule has 106 valence electrons. The minimum atomic E-state index is -0.426. The normalized spacial score (nSPS) is 10.6. The van der Waals surface area contributed by atoms with Crippen LogP contribution in [0.5, 0.6) is 5.75 Å². The average Bonchev–Trinajstić information content (AvgIpc) is 2.93. The second kappa shape index (κ2) is 6.21. The summed E-state index contributed by atoms with van der Waals surface area (Å²) < 4.78 is 7.12. The van der Waals surface area contributed by atoms with Gasteiger partial charge in [0.2, 0.25) is 0 Å². The van der Waals surface area contributed by atoms with Crippen molar-refractivity contribution in [3.63, 3.8) is 0 Å². The highest BCUT2D eigenvalue weighted by molar-refractivity contribution is 5.91. The van der Waals surface area contributed by atoms with E-state index < -0.39 is 5.91 Å². The van der Waals surface area contributed by atoms with Crippen LogP contribution < -0.4 is 16.0 Å². The molecule has 6 nitrogen and oxygen atoms in total. The number of hydrogen-bond acceptors (Lipinski definition) is 4. The van der Waals surface area contributed by atoms with E-state index in [1.165, 1.54) is 10.2 Å². The largest absolute Gasteiger partial charge is 0.471 e. The third-order valence-corrected chi connectivity index (χ3v) is 2.91. The van der Waals surface area contributed by atoms with Crippen LogP contribution in [0.1, 0.15) is 35.8 Å². The van der Waals surface area contributed by atoms with Crippen LogP contribution in [-0.4, -0.2) is 15.7 Å². The van der Waals surface area contributed by atoms with Crippen LogP contribution in [0.2, 0.25) is 0 Å². The van der Waals surface area contributed by atoms with Gasteiger partial charge >= 0.3 is 0 Å². The summed E-state index contributed by atoms with van der Waals surface area (Å²) in [6.07, 6.45) is 1.66. The van der Waals surface area contributed by atoms with Gasteiger partial charge in [0.05, 0.1) is 0 Å². The molecular weight excluding hydrogens is 256 g/mol. The first-order valence-corrected chi connectivity index (χ1v) is 6.37. The molecule has 0 saturated carbocycles. The van der Waals surface area contributed by atoms with Crippen LogP contribution in [-0.2, 0) is 6.73 Å². The van der Waals surface area contributed by atoms with Gasteiger partial charge in [0.15, 0.2) is 12.4 Å². The number of hydrazine groups is 1. The standard InChI is InChI=1S/C14H18N4O2/c1-10(2)11-3-5-12(6-4-11)20-9-18-8-7-13(17-18)14(19)16-15/h3-8,10H,9,15H2,1-2H3,(H,16,19). The third kappa shape index (κ3) is 3.36. The van der Waals surface area contributed by atoms with Gasteiger partial charge in [-0.2, -0.15) is 5.10 Å². The van der Waals surface area contributed by atoms with Gasteiger partial charge in [-0.15, -0.1) is 0 Å². The fraction of sp³-hybridized carbons (Fsp3) is 0.286. The second-order valence-electron chi connectivity index (χ2n) is 4.71. The topological polar surface area (TPSA) is 82.2 Å².